The van der Waals surface area contributed by atoms with Crippen LogP contribution in [0.3, 0.4) is 0 Å². The standard InChI is InChI=1S/C24H20FN3O3S/c1-16-12-18(6-11-23(16)25)4-5-19-13-20(15-26-14-19)24(30)28-32(3,31)22-9-7-21(8-10-22)27-17(2)29/h6-15H,1-3H3,(H,27,29). The van der Waals surface area contributed by atoms with Gasteiger partial charge in [-0.25, -0.2) is 8.60 Å². The van der Waals surface area contributed by atoms with Gasteiger partial charge in [-0.3, -0.25) is 14.6 Å². The fourth-order valence-corrected chi connectivity index (χ4v) is 3.92. The van der Waals surface area contributed by atoms with E-state index in [9.17, 15) is 18.2 Å². The lowest BCUT2D eigenvalue weighted by molar-refractivity contribution is -0.114. The first-order valence-electron chi connectivity index (χ1n) is 9.51. The fraction of sp³-hybridized carbons (Fsp3) is 0.125. The van der Waals surface area contributed by atoms with E-state index in [2.05, 4.69) is 26.5 Å². The predicted molar refractivity (Wildman–Crippen MR) is 121 cm³/mol. The molecule has 0 aliphatic carbocycles. The van der Waals surface area contributed by atoms with Gasteiger partial charge in [0.15, 0.2) is 0 Å². The van der Waals surface area contributed by atoms with Crippen molar-refractivity contribution in [2.75, 3.05) is 11.6 Å². The third kappa shape index (κ3) is 5.86. The second-order valence-corrected chi connectivity index (χ2v) is 9.34. The molecule has 1 heterocycles. The lowest BCUT2D eigenvalue weighted by Gasteiger charge is -2.06. The van der Waals surface area contributed by atoms with Gasteiger partial charge in [0.2, 0.25) is 5.91 Å². The van der Waals surface area contributed by atoms with Crippen LogP contribution in [0.25, 0.3) is 0 Å². The molecule has 3 aromatic rings. The molecule has 8 heteroatoms. The Morgan fingerprint density at radius 2 is 1.72 bits per heavy atom. The van der Waals surface area contributed by atoms with Gasteiger partial charge in [-0.15, -0.1) is 0 Å². The van der Waals surface area contributed by atoms with Gasteiger partial charge in [-0.1, -0.05) is 11.8 Å². The van der Waals surface area contributed by atoms with Crippen LogP contribution in [0.15, 0.2) is 70.2 Å². The third-order valence-corrected chi connectivity index (χ3v) is 6.02. The molecule has 0 aliphatic rings. The molecule has 3 rings (SSSR count). The van der Waals surface area contributed by atoms with Crippen LogP contribution < -0.4 is 5.32 Å². The first kappa shape index (κ1) is 22.8. The number of rotatable bonds is 3. The molecule has 0 fully saturated rings. The van der Waals surface area contributed by atoms with Gasteiger partial charge >= 0.3 is 0 Å². The van der Waals surface area contributed by atoms with Crippen LogP contribution in [0.1, 0.15) is 34.0 Å². The zero-order valence-corrected chi connectivity index (χ0v) is 18.5. The maximum absolute atomic E-state index is 13.4. The smallest absolute Gasteiger partial charge is 0.286 e. The molecule has 2 aromatic carbocycles. The van der Waals surface area contributed by atoms with Crippen molar-refractivity contribution >= 4 is 27.2 Å². The minimum absolute atomic E-state index is 0.150. The number of carbonyl (C=O) groups is 2. The summed E-state index contributed by atoms with van der Waals surface area (Å²) in [6, 6.07) is 12.3. The van der Waals surface area contributed by atoms with Crippen LogP contribution in [-0.4, -0.2) is 27.3 Å². The van der Waals surface area contributed by atoms with Gasteiger partial charge in [-0.2, -0.15) is 4.36 Å². The highest BCUT2D eigenvalue weighted by molar-refractivity contribution is 7.93. The number of nitrogens with one attached hydrogen (secondary N) is 1. The molecule has 6 nitrogen and oxygen atoms in total. The normalized spacial score (nSPS) is 12.1. The zero-order chi connectivity index (χ0) is 23.3. The summed E-state index contributed by atoms with van der Waals surface area (Å²) in [5.74, 6) is 4.58. The Bertz CT molecular complexity index is 1380. The van der Waals surface area contributed by atoms with Gasteiger partial charge in [0.1, 0.15) is 5.82 Å². The van der Waals surface area contributed by atoms with E-state index in [1.807, 2.05) is 0 Å². The number of pyridine rings is 1. The predicted octanol–water partition coefficient (Wildman–Crippen LogP) is 4.18. The Labute approximate surface area is 186 Å². The molecule has 1 unspecified atom stereocenters. The molecule has 1 N–H and O–H groups in total. The van der Waals surface area contributed by atoms with Crippen LogP contribution in [0.5, 0.6) is 0 Å². The summed E-state index contributed by atoms with van der Waals surface area (Å²) in [6.07, 6.45) is 4.19. The van der Waals surface area contributed by atoms with Crippen LogP contribution in [0.2, 0.25) is 0 Å². The number of hydrogen-bond donors (Lipinski definition) is 1. The monoisotopic (exact) mass is 449 g/mol. The summed E-state index contributed by atoms with van der Waals surface area (Å²) in [5.41, 5.74) is 2.28. The molecule has 0 radical (unpaired) electrons. The number of halogens is 1. The zero-order valence-electron chi connectivity index (χ0n) is 17.7. The van der Waals surface area contributed by atoms with Gasteiger partial charge in [0.05, 0.1) is 15.3 Å². The van der Waals surface area contributed by atoms with Crippen molar-refractivity contribution in [2.24, 2.45) is 4.36 Å². The van der Waals surface area contributed by atoms with Crippen LogP contribution in [0.4, 0.5) is 10.1 Å². The Morgan fingerprint density at radius 3 is 2.38 bits per heavy atom. The Balaban J connectivity index is 1.84. The number of aryl methyl sites for hydroxylation is 1. The highest BCUT2D eigenvalue weighted by atomic mass is 32.2. The fourth-order valence-electron chi connectivity index (χ4n) is 2.75. The van der Waals surface area contributed by atoms with E-state index in [-0.39, 0.29) is 17.3 Å². The topological polar surface area (TPSA) is 88.5 Å². The Kier molecular flexibility index (Phi) is 6.81. The van der Waals surface area contributed by atoms with Crippen molar-refractivity contribution in [1.82, 2.24) is 4.98 Å². The average molecular weight is 450 g/mol. The molecule has 0 bridgehead atoms. The maximum atomic E-state index is 13.4. The summed E-state index contributed by atoms with van der Waals surface area (Å²) in [6.45, 7) is 3.04. The van der Waals surface area contributed by atoms with Crippen molar-refractivity contribution < 1.29 is 18.2 Å². The number of nitrogens with zero attached hydrogens (tertiary/aromatic N) is 2. The van der Waals surface area contributed by atoms with E-state index >= 15 is 0 Å². The Hall–Kier alpha value is -3.83. The summed E-state index contributed by atoms with van der Waals surface area (Å²) < 4.78 is 30.3. The van der Waals surface area contributed by atoms with Gasteiger partial charge in [-0.05, 0) is 61.0 Å². The minimum Gasteiger partial charge on any atom is -0.326 e. The van der Waals surface area contributed by atoms with Gasteiger partial charge < -0.3 is 5.32 Å². The number of aromatic nitrogens is 1. The quantitative estimate of drug-likeness (QED) is 0.608. The molecule has 0 saturated heterocycles. The lowest BCUT2D eigenvalue weighted by Crippen LogP contribution is -2.07. The third-order valence-electron chi connectivity index (χ3n) is 4.36. The highest BCUT2D eigenvalue weighted by Gasteiger charge is 2.12. The summed E-state index contributed by atoms with van der Waals surface area (Å²) in [7, 11) is -3.02. The van der Waals surface area contributed by atoms with E-state index < -0.39 is 15.6 Å². The molecule has 162 valence electrons. The van der Waals surface area contributed by atoms with E-state index in [0.29, 0.717) is 27.3 Å². The summed E-state index contributed by atoms with van der Waals surface area (Å²) >= 11 is 0. The maximum Gasteiger partial charge on any atom is 0.286 e. The van der Waals surface area contributed by atoms with Crippen molar-refractivity contribution in [3.05, 3.63) is 89.0 Å². The lowest BCUT2D eigenvalue weighted by atomic mass is 10.1. The minimum atomic E-state index is -3.02. The van der Waals surface area contributed by atoms with Crippen molar-refractivity contribution in [3.63, 3.8) is 0 Å². The molecule has 1 atom stereocenters. The van der Waals surface area contributed by atoms with Gasteiger partial charge in [0, 0.05) is 47.3 Å². The Morgan fingerprint density at radius 1 is 1.03 bits per heavy atom. The first-order chi connectivity index (χ1) is 15.1. The van der Waals surface area contributed by atoms with E-state index in [0.717, 1.165) is 0 Å². The number of benzene rings is 2. The number of amides is 2. The molecule has 1 aromatic heterocycles. The van der Waals surface area contributed by atoms with Gasteiger partial charge in [0.25, 0.3) is 5.91 Å². The SMILES string of the molecule is CC(=O)Nc1ccc(S(C)(=O)=NC(=O)c2cncc(C#Cc3ccc(F)c(C)c3)c2)cc1. The molecule has 0 aliphatic heterocycles. The summed E-state index contributed by atoms with van der Waals surface area (Å²) in [4.78, 5) is 28.1. The molecular formula is C24H20FN3O3S. The van der Waals surface area contributed by atoms with Crippen LogP contribution in [0, 0.1) is 24.6 Å². The van der Waals surface area contributed by atoms with Crippen LogP contribution in [-0.2, 0) is 14.5 Å². The molecule has 0 saturated carbocycles. The number of carbonyl (C=O) groups excluding carboxylic acids is 2. The van der Waals surface area contributed by atoms with E-state index in [1.54, 1.807) is 43.3 Å². The second-order valence-electron chi connectivity index (χ2n) is 7.08. The highest BCUT2D eigenvalue weighted by Crippen LogP contribution is 2.17. The average Bonchev–Trinajstić information content (AvgIpc) is 2.74. The molecule has 0 spiro atoms. The van der Waals surface area contributed by atoms with E-state index in [1.165, 1.54) is 37.7 Å². The molecular weight excluding hydrogens is 429 g/mol. The first-order valence-corrected chi connectivity index (χ1v) is 11.4. The number of hydrogen-bond acceptors (Lipinski definition) is 4. The molecule has 2 amide bonds. The van der Waals surface area contributed by atoms with Crippen molar-refractivity contribution in [1.29, 1.82) is 0 Å². The largest absolute Gasteiger partial charge is 0.326 e. The summed E-state index contributed by atoms with van der Waals surface area (Å²) in [5, 5.41) is 2.62. The number of anilines is 1. The second kappa shape index (κ2) is 9.54. The van der Waals surface area contributed by atoms with E-state index in [4.69, 9.17) is 0 Å². The van der Waals surface area contributed by atoms with Crippen molar-refractivity contribution in [2.45, 2.75) is 18.7 Å². The molecule has 32 heavy (non-hydrogen) atoms. The van der Waals surface area contributed by atoms with Crippen LogP contribution >= 0.6 is 0 Å². The van der Waals surface area contributed by atoms with Crippen molar-refractivity contribution in [3.8, 4) is 11.8 Å².